The molecule has 1 saturated heterocycles. The lowest BCUT2D eigenvalue weighted by Crippen LogP contribution is -2.48. The number of hydrogen-bond acceptors (Lipinski definition) is 3. The molecule has 0 radical (unpaired) electrons. The Balaban J connectivity index is 1.56. The van der Waals surface area contributed by atoms with Gasteiger partial charge in [-0.25, -0.2) is 9.37 Å². The van der Waals surface area contributed by atoms with Crippen LogP contribution in [-0.4, -0.2) is 42.0 Å². The second-order valence-corrected chi connectivity index (χ2v) is 5.39. The highest BCUT2D eigenvalue weighted by Gasteiger charge is 2.20. The number of halogens is 1. The molecule has 1 fully saturated rings. The van der Waals surface area contributed by atoms with Crippen LogP contribution in [0, 0.1) is 5.82 Å². The van der Waals surface area contributed by atoms with E-state index in [-0.39, 0.29) is 11.7 Å². The maximum atomic E-state index is 13.1. The summed E-state index contributed by atoms with van der Waals surface area (Å²) in [5.74, 6) is 0.591. The van der Waals surface area contributed by atoms with Gasteiger partial charge in [0.25, 0.3) is 0 Å². The first kappa shape index (κ1) is 15.2. The average molecular weight is 311 g/mol. The largest absolute Gasteiger partial charge is 0.353 e. The molecular weight excluding hydrogens is 293 g/mol. The SMILES string of the molecule is O=C(C=Cc1cccc(F)c1)N1CCN(c2ccccn2)CC1. The Labute approximate surface area is 134 Å². The predicted molar refractivity (Wildman–Crippen MR) is 88.5 cm³/mol. The van der Waals surface area contributed by atoms with Gasteiger partial charge < -0.3 is 9.80 Å². The van der Waals surface area contributed by atoms with Crippen molar-refractivity contribution in [2.75, 3.05) is 31.1 Å². The third-order valence-electron chi connectivity index (χ3n) is 3.83. The molecule has 1 amide bonds. The normalized spacial score (nSPS) is 15.2. The van der Waals surface area contributed by atoms with E-state index in [4.69, 9.17) is 0 Å². The van der Waals surface area contributed by atoms with Crippen molar-refractivity contribution >= 4 is 17.8 Å². The number of nitrogens with zero attached hydrogens (tertiary/aromatic N) is 3. The first-order valence-electron chi connectivity index (χ1n) is 7.61. The zero-order valence-electron chi connectivity index (χ0n) is 12.7. The molecule has 0 bridgehead atoms. The molecule has 4 nitrogen and oxygen atoms in total. The molecule has 5 heteroatoms. The smallest absolute Gasteiger partial charge is 0.246 e. The van der Waals surface area contributed by atoms with Gasteiger partial charge in [0.15, 0.2) is 0 Å². The molecular formula is C18H18FN3O. The van der Waals surface area contributed by atoms with E-state index in [9.17, 15) is 9.18 Å². The first-order valence-corrected chi connectivity index (χ1v) is 7.61. The van der Waals surface area contributed by atoms with Crippen molar-refractivity contribution in [1.29, 1.82) is 0 Å². The van der Waals surface area contributed by atoms with Gasteiger partial charge in [0, 0.05) is 38.5 Å². The summed E-state index contributed by atoms with van der Waals surface area (Å²) in [4.78, 5) is 20.5. The van der Waals surface area contributed by atoms with Gasteiger partial charge in [0.2, 0.25) is 5.91 Å². The summed E-state index contributed by atoms with van der Waals surface area (Å²) in [5, 5.41) is 0. The van der Waals surface area contributed by atoms with Crippen molar-refractivity contribution in [2.24, 2.45) is 0 Å². The zero-order valence-corrected chi connectivity index (χ0v) is 12.7. The minimum absolute atomic E-state index is 0.0464. The van der Waals surface area contributed by atoms with E-state index in [1.54, 1.807) is 29.3 Å². The molecule has 1 aliphatic rings. The van der Waals surface area contributed by atoms with Crippen molar-refractivity contribution in [1.82, 2.24) is 9.88 Å². The molecule has 3 rings (SSSR count). The quantitative estimate of drug-likeness (QED) is 0.818. The Bertz CT molecular complexity index is 694. The highest BCUT2D eigenvalue weighted by Crippen LogP contribution is 2.13. The van der Waals surface area contributed by atoms with E-state index >= 15 is 0 Å². The second-order valence-electron chi connectivity index (χ2n) is 5.39. The van der Waals surface area contributed by atoms with Gasteiger partial charge in [0.05, 0.1) is 0 Å². The van der Waals surface area contributed by atoms with Crippen LogP contribution in [-0.2, 0) is 4.79 Å². The highest BCUT2D eigenvalue weighted by atomic mass is 19.1. The molecule has 0 atom stereocenters. The Morgan fingerprint density at radius 2 is 1.91 bits per heavy atom. The minimum atomic E-state index is -0.302. The van der Waals surface area contributed by atoms with Gasteiger partial charge >= 0.3 is 0 Å². The molecule has 23 heavy (non-hydrogen) atoms. The Morgan fingerprint density at radius 3 is 2.61 bits per heavy atom. The lowest BCUT2D eigenvalue weighted by Gasteiger charge is -2.34. The number of carbonyl (C=O) groups excluding carboxylic acids is 1. The lowest BCUT2D eigenvalue weighted by molar-refractivity contribution is -0.126. The summed E-state index contributed by atoms with van der Waals surface area (Å²) in [6.45, 7) is 2.83. The lowest BCUT2D eigenvalue weighted by atomic mass is 10.2. The summed E-state index contributed by atoms with van der Waals surface area (Å²) in [6, 6.07) is 12.0. The summed E-state index contributed by atoms with van der Waals surface area (Å²) in [7, 11) is 0. The standard InChI is InChI=1S/C18H18FN3O/c19-16-5-3-4-15(14-16)7-8-18(23)22-12-10-21(11-13-22)17-6-1-2-9-20-17/h1-9,14H,10-13H2. The average Bonchev–Trinajstić information content (AvgIpc) is 2.61. The van der Waals surface area contributed by atoms with Crippen molar-refractivity contribution in [3.63, 3.8) is 0 Å². The van der Waals surface area contributed by atoms with E-state index in [1.807, 2.05) is 18.2 Å². The van der Waals surface area contributed by atoms with E-state index in [0.717, 1.165) is 18.9 Å². The van der Waals surface area contributed by atoms with Gasteiger partial charge in [-0.05, 0) is 35.9 Å². The zero-order chi connectivity index (χ0) is 16.1. The first-order chi connectivity index (χ1) is 11.2. The van der Waals surface area contributed by atoms with Gasteiger partial charge in [-0.15, -0.1) is 0 Å². The van der Waals surface area contributed by atoms with Crippen LogP contribution in [0.3, 0.4) is 0 Å². The molecule has 118 valence electrons. The summed E-state index contributed by atoms with van der Waals surface area (Å²) in [5.41, 5.74) is 0.686. The van der Waals surface area contributed by atoms with Gasteiger partial charge in [-0.1, -0.05) is 18.2 Å². The number of carbonyl (C=O) groups is 1. The van der Waals surface area contributed by atoms with E-state index in [0.29, 0.717) is 18.7 Å². The topological polar surface area (TPSA) is 36.4 Å². The molecule has 2 heterocycles. The van der Waals surface area contributed by atoms with E-state index in [1.165, 1.54) is 18.2 Å². The van der Waals surface area contributed by atoms with Gasteiger partial charge in [-0.3, -0.25) is 4.79 Å². The minimum Gasteiger partial charge on any atom is -0.353 e. The van der Waals surface area contributed by atoms with Crippen LogP contribution in [0.25, 0.3) is 6.08 Å². The van der Waals surface area contributed by atoms with Crippen molar-refractivity contribution in [3.05, 3.63) is 66.1 Å². The number of anilines is 1. The Morgan fingerprint density at radius 1 is 1.09 bits per heavy atom. The molecule has 1 aromatic heterocycles. The maximum absolute atomic E-state index is 13.1. The van der Waals surface area contributed by atoms with E-state index in [2.05, 4.69) is 9.88 Å². The predicted octanol–water partition coefficient (Wildman–Crippen LogP) is 2.58. The summed E-state index contributed by atoms with van der Waals surface area (Å²) in [6.07, 6.45) is 4.93. The Kier molecular flexibility index (Phi) is 4.66. The second kappa shape index (κ2) is 7.05. The number of rotatable bonds is 3. The molecule has 0 unspecified atom stereocenters. The third kappa shape index (κ3) is 3.94. The molecule has 0 aliphatic carbocycles. The number of aromatic nitrogens is 1. The van der Waals surface area contributed by atoms with Crippen molar-refractivity contribution in [3.8, 4) is 0 Å². The Hall–Kier alpha value is -2.69. The fourth-order valence-corrected chi connectivity index (χ4v) is 2.58. The molecule has 0 saturated carbocycles. The van der Waals surface area contributed by atoms with Crippen LogP contribution in [0.4, 0.5) is 10.2 Å². The van der Waals surface area contributed by atoms with Crippen molar-refractivity contribution in [2.45, 2.75) is 0 Å². The van der Waals surface area contributed by atoms with Crippen LogP contribution in [0.5, 0.6) is 0 Å². The fraction of sp³-hybridized carbons (Fsp3) is 0.222. The van der Waals surface area contributed by atoms with Gasteiger partial charge in [-0.2, -0.15) is 0 Å². The van der Waals surface area contributed by atoms with E-state index < -0.39 is 0 Å². The summed E-state index contributed by atoms with van der Waals surface area (Å²) >= 11 is 0. The number of benzene rings is 1. The molecule has 1 aliphatic heterocycles. The third-order valence-corrected chi connectivity index (χ3v) is 3.83. The molecule has 1 aromatic carbocycles. The van der Waals surface area contributed by atoms with Crippen LogP contribution < -0.4 is 4.90 Å². The van der Waals surface area contributed by atoms with Gasteiger partial charge in [0.1, 0.15) is 11.6 Å². The molecule has 0 spiro atoms. The number of pyridine rings is 1. The van der Waals surface area contributed by atoms with Crippen molar-refractivity contribution < 1.29 is 9.18 Å². The number of amides is 1. The summed E-state index contributed by atoms with van der Waals surface area (Å²) < 4.78 is 13.1. The molecule has 2 aromatic rings. The fourth-order valence-electron chi connectivity index (χ4n) is 2.58. The number of hydrogen-bond donors (Lipinski definition) is 0. The monoisotopic (exact) mass is 311 g/mol. The highest BCUT2D eigenvalue weighted by molar-refractivity contribution is 5.91. The maximum Gasteiger partial charge on any atom is 0.246 e. The molecule has 0 N–H and O–H groups in total. The number of piperazine rings is 1. The van der Waals surface area contributed by atoms with Crippen LogP contribution in [0.1, 0.15) is 5.56 Å². The van der Waals surface area contributed by atoms with Crippen LogP contribution in [0.2, 0.25) is 0 Å². The van der Waals surface area contributed by atoms with Crippen LogP contribution >= 0.6 is 0 Å². The van der Waals surface area contributed by atoms with Crippen LogP contribution in [0.15, 0.2) is 54.7 Å².